The number of hydrogen-bond acceptors (Lipinski definition) is 2. The molecule has 0 radical (unpaired) electrons. The molecule has 1 aromatic heterocycles. The van der Waals surface area contributed by atoms with E-state index in [9.17, 15) is 0 Å². The van der Waals surface area contributed by atoms with Crippen LogP contribution in [0.25, 0.3) is 60.9 Å². The summed E-state index contributed by atoms with van der Waals surface area (Å²) in [6.07, 6.45) is 0. The third kappa shape index (κ3) is 5.88. The normalized spacial score (nSPS) is 14.1. The molecule has 70 heavy (non-hydrogen) atoms. The van der Waals surface area contributed by atoms with Crippen LogP contribution in [0.4, 0.5) is 34.1 Å². The second-order valence-corrected chi connectivity index (χ2v) is 18.4. The molecule has 11 aromatic carbocycles. The van der Waals surface area contributed by atoms with E-state index >= 15 is 0 Å². The maximum absolute atomic E-state index is 2.56. The Balaban J connectivity index is 1.07. The molecule has 0 saturated heterocycles. The lowest BCUT2D eigenvalue weighted by atomic mass is 9.70. The zero-order valence-corrected chi connectivity index (χ0v) is 38.3. The third-order valence-corrected chi connectivity index (χ3v) is 14.8. The average molecular weight is 892 g/mol. The predicted octanol–water partition coefficient (Wildman–Crippen LogP) is 17.7. The summed E-state index contributed by atoms with van der Waals surface area (Å²) in [7, 11) is 0. The molecule has 1 spiro atoms. The number of para-hydroxylation sites is 5. The van der Waals surface area contributed by atoms with Gasteiger partial charge in [0.1, 0.15) is 0 Å². The van der Waals surface area contributed by atoms with Gasteiger partial charge in [0.15, 0.2) is 0 Å². The van der Waals surface area contributed by atoms with E-state index in [-0.39, 0.29) is 0 Å². The highest BCUT2D eigenvalue weighted by molar-refractivity contribution is 6.11. The first kappa shape index (κ1) is 39.9. The number of rotatable bonds is 8. The van der Waals surface area contributed by atoms with Gasteiger partial charge in [0, 0.05) is 50.3 Å². The highest BCUT2D eigenvalue weighted by atomic mass is 15.2. The Morgan fingerprint density at radius 3 is 1.50 bits per heavy atom. The zero-order chi connectivity index (χ0) is 46.2. The molecule has 14 rings (SSSR count). The number of benzene rings is 11. The SMILES string of the molecule is c1ccc(-c2ccccc2N(c2ccc3c4ccccc4n(-c4ccccc4)c3c2)c2cccc3c2C2(c4ccccc4-c4cc(N(c5ccccc5)c5ccccc5)ccc42)c2ccccc2-3)cc1. The summed E-state index contributed by atoms with van der Waals surface area (Å²) >= 11 is 0. The molecule has 0 fully saturated rings. The lowest BCUT2D eigenvalue weighted by Crippen LogP contribution is -2.28. The topological polar surface area (TPSA) is 11.4 Å². The van der Waals surface area contributed by atoms with E-state index in [1.165, 1.54) is 66.4 Å². The smallest absolute Gasteiger partial charge is 0.0746 e. The van der Waals surface area contributed by atoms with Crippen LogP contribution < -0.4 is 9.80 Å². The molecular weight excluding hydrogens is 847 g/mol. The Labute approximate surface area is 408 Å². The summed E-state index contributed by atoms with van der Waals surface area (Å²) in [5, 5.41) is 2.45. The molecule has 3 nitrogen and oxygen atoms in total. The van der Waals surface area contributed by atoms with Crippen molar-refractivity contribution in [2.45, 2.75) is 5.41 Å². The number of aromatic nitrogens is 1. The van der Waals surface area contributed by atoms with Gasteiger partial charge in [-0.3, -0.25) is 0 Å². The lowest BCUT2D eigenvalue weighted by Gasteiger charge is -2.36. The van der Waals surface area contributed by atoms with Crippen LogP contribution in [-0.4, -0.2) is 4.57 Å². The molecule has 3 heteroatoms. The van der Waals surface area contributed by atoms with Crippen LogP contribution >= 0.6 is 0 Å². The van der Waals surface area contributed by atoms with Crippen LogP contribution in [0.2, 0.25) is 0 Å². The molecule has 0 aliphatic heterocycles. The molecule has 328 valence electrons. The first-order valence-electron chi connectivity index (χ1n) is 24.2. The molecule has 1 unspecified atom stereocenters. The number of nitrogens with zero attached hydrogens (tertiary/aromatic N) is 3. The highest BCUT2D eigenvalue weighted by Gasteiger charge is 2.53. The minimum atomic E-state index is -0.639. The van der Waals surface area contributed by atoms with Crippen LogP contribution in [0.15, 0.2) is 273 Å². The van der Waals surface area contributed by atoms with Gasteiger partial charge in [0.25, 0.3) is 0 Å². The Bertz CT molecular complexity index is 3910. The summed E-state index contributed by atoms with van der Waals surface area (Å²) < 4.78 is 2.43. The fourth-order valence-electron chi connectivity index (χ4n) is 12.0. The van der Waals surface area contributed by atoms with Crippen LogP contribution in [0, 0.1) is 0 Å². The van der Waals surface area contributed by atoms with Crippen molar-refractivity contribution >= 4 is 55.9 Å². The molecular formula is C67H45N3. The maximum atomic E-state index is 2.56. The fourth-order valence-corrected chi connectivity index (χ4v) is 12.0. The van der Waals surface area contributed by atoms with E-state index in [0.717, 1.165) is 50.9 Å². The Hall–Kier alpha value is -9.18. The van der Waals surface area contributed by atoms with Crippen LogP contribution in [0.1, 0.15) is 22.3 Å². The van der Waals surface area contributed by atoms with Crippen LogP contribution in [-0.2, 0) is 5.41 Å². The van der Waals surface area contributed by atoms with Crippen molar-refractivity contribution in [2.75, 3.05) is 9.80 Å². The molecule has 12 aromatic rings. The minimum Gasteiger partial charge on any atom is -0.310 e. The van der Waals surface area contributed by atoms with Gasteiger partial charge in [-0.25, -0.2) is 0 Å². The third-order valence-electron chi connectivity index (χ3n) is 14.8. The Kier molecular flexibility index (Phi) is 9.11. The van der Waals surface area contributed by atoms with Gasteiger partial charge < -0.3 is 14.4 Å². The molecule has 1 heterocycles. The summed E-state index contributed by atoms with van der Waals surface area (Å²) in [5.41, 5.74) is 22.0. The van der Waals surface area contributed by atoms with Gasteiger partial charge in [-0.2, -0.15) is 0 Å². The number of anilines is 6. The summed E-state index contributed by atoms with van der Waals surface area (Å²) in [5.74, 6) is 0. The lowest BCUT2D eigenvalue weighted by molar-refractivity contribution is 0.793. The second kappa shape index (κ2) is 16.0. The zero-order valence-electron chi connectivity index (χ0n) is 38.3. The minimum absolute atomic E-state index is 0.639. The Morgan fingerprint density at radius 1 is 0.286 bits per heavy atom. The van der Waals surface area contributed by atoms with Gasteiger partial charge in [0.2, 0.25) is 0 Å². The van der Waals surface area contributed by atoms with Gasteiger partial charge in [-0.1, -0.05) is 194 Å². The van der Waals surface area contributed by atoms with Gasteiger partial charge >= 0.3 is 0 Å². The van der Waals surface area contributed by atoms with E-state index in [4.69, 9.17) is 0 Å². The van der Waals surface area contributed by atoms with Crippen molar-refractivity contribution in [3.63, 3.8) is 0 Å². The molecule has 0 saturated carbocycles. The van der Waals surface area contributed by atoms with Crippen molar-refractivity contribution in [1.82, 2.24) is 4.57 Å². The maximum Gasteiger partial charge on any atom is 0.0746 e. The van der Waals surface area contributed by atoms with Crippen molar-refractivity contribution in [3.8, 4) is 39.1 Å². The molecule has 2 aliphatic carbocycles. The average Bonchev–Trinajstić information content (AvgIpc) is 4.04. The van der Waals surface area contributed by atoms with Gasteiger partial charge in [-0.05, 0) is 123 Å². The molecule has 1 atom stereocenters. The van der Waals surface area contributed by atoms with E-state index in [0.29, 0.717) is 0 Å². The van der Waals surface area contributed by atoms with Crippen LogP contribution in [0.3, 0.4) is 0 Å². The second-order valence-electron chi connectivity index (χ2n) is 18.4. The first-order valence-corrected chi connectivity index (χ1v) is 24.2. The number of fused-ring (bicyclic) bond motifs is 13. The monoisotopic (exact) mass is 891 g/mol. The molecule has 0 N–H and O–H groups in total. The summed E-state index contributed by atoms with van der Waals surface area (Å²) in [6.45, 7) is 0. The van der Waals surface area contributed by atoms with Crippen molar-refractivity contribution < 1.29 is 0 Å². The molecule has 0 bridgehead atoms. The van der Waals surface area contributed by atoms with E-state index in [2.05, 4.69) is 287 Å². The Morgan fingerprint density at radius 2 is 0.786 bits per heavy atom. The fraction of sp³-hybridized carbons (Fsp3) is 0.0149. The largest absolute Gasteiger partial charge is 0.310 e. The van der Waals surface area contributed by atoms with Crippen molar-refractivity contribution in [2.24, 2.45) is 0 Å². The predicted molar refractivity (Wildman–Crippen MR) is 292 cm³/mol. The van der Waals surface area contributed by atoms with Crippen LogP contribution in [0.5, 0.6) is 0 Å². The van der Waals surface area contributed by atoms with Crippen molar-refractivity contribution in [3.05, 3.63) is 295 Å². The van der Waals surface area contributed by atoms with Gasteiger partial charge in [0.05, 0.1) is 27.8 Å². The standard InChI is InChI=1S/C67H45N3/c1-5-22-46(23-6-1)52-30-15-19-37-62(52)70(51-40-42-56-55-33-16-20-38-63(55)69(65(56)45-51)49-28-11-4-12-29-49)64-39-21-34-57-53-31-13-17-35-59(53)67(66(57)64)60-36-18-14-32-54(60)58-44-50(41-43-61(58)67)68(47-24-7-2-8-25-47)48-26-9-3-10-27-48/h1-45H. The van der Waals surface area contributed by atoms with Gasteiger partial charge in [-0.15, -0.1) is 0 Å². The summed E-state index contributed by atoms with van der Waals surface area (Å²) in [6, 6.07) is 100. The highest BCUT2D eigenvalue weighted by Crippen LogP contribution is 2.66. The van der Waals surface area contributed by atoms with E-state index in [1.807, 2.05) is 0 Å². The molecule has 0 amide bonds. The quantitative estimate of drug-likeness (QED) is 0.151. The van der Waals surface area contributed by atoms with Crippen molar-refractivity contribution in [1.29, 1.82) is 0 Å². The summed E-state index contributed by atoms with van der Waals surface area (Å²) in [4.78, 5) is 4.94. The first-order chi connectivity index (χ1) is 34.8. The van der Waals surface area contributed by atoms with E-state index < -0.39 is 5.41 Å². The van der Waals surface area contributed by atoms with E-state index in [1.54, 1.807) is 0 Å². The molecule has 2 aliphatic rings. The number of hydrogen-bond donors (Lipinski definition) is 0.